The fourth-order valence-corrected chi connectivity index (χ4v) is 4.30. The lowest BCUT2D eigenvalue weighted by molar-refractivity contribution is 1.07. The molecule has 0 saturated heterocycles. The lowest BCUT2D eigenvalue weighted by Crippen LogP contribution is -2.12. The number of rotatable bonds is 4. The van der Waals surface area contributed by atoms with Crippen LogP contribution in [-0.4, -0.2) is 5.04 Å². The largest absolute Gasteiger partial charge is 0.224 e. The van der Waals surface area contributed by atoms with Gasteiger partial charge in [0.2, 0.25) is 0 Å². The maximum Gasteiger partial charge on any atom is 0.138 e. The number of para-hydroxylation sites is 1. The summed E-state index contributed by atoms with van der Waals surface area (Å²) < 4.78 is 0. The molecule has 5 nitrogen and oxygen atoms in total. The smallest absolute Gasteiger partial charge is 0.138 e. The second kappa shape index (κ2) is 9.49. The highest BCUT2D eigenvalue weighted by molar-refractivity contribution is 8.18. The van der Waals surface area contributed by atoms with Gasteiger partial charge in [0, 0.05) is 11.1 Å². The van der Waals surface area contributed by atoms with Crippen LogP contribution in [0.4, 0.5) is 5.69 Å². The summed E-state index contributed by atoms with van der Waals surface area (Å²) in [7, 11) is 0. The maximum atomic E-state index is 10.2. The molecule has 1 aliphatic heterocycles. The van der Waals surface area contributed by atoms with E-state index in [9.17, 15) is 15.8 Å². The summed E-state index contributed by atoms with van der Waals surface area (Å²) in [6, 6.07) is 34.4. The van der Waals surface area contributed by atoms with Gasteiger partial charge in [0.1, 0.15) is 33.9 Å². The van der Waals surface area contributed by atoms with Crippen molar-refractivity contribution in [2.45, 2.75) is 0 Å². The number of hydrazone groups is 1. The second-order valence-electron chi connectivity index (χ2n) is 6.65. The van der Waals surface area contributed by atoms with E-state index >= 15 is 0 Å². The molecule has 32 heavy (non-hydrogen) atoms. The zero-order chi connectivity index (χ0) is 22.3. The van der Waals surface area contributed by atoms with Crippen molar-refractivity contribution in [2.75, 3.05) is 5.01 Å². The quantitative estimate of drug-likeness (QED) is 0.486. The first kappa shape index (κ1) is 20.7. The molecule has 0 amide bonds. The van der Waals surface area contributed by atoms with Crippen LogP contribution < -0.4 is 5.01 Å². The fourth-order valence-electron chi connectivity index (χ4n) is 3.26. The number of hydrogen-bond donors (Lipinski definition) is 0. The Kier molecular flexibility index (Phi) is 6.14. The predicted molar refractivity (Wildman–Crippen MR) is 127 cm³/mol. The van der Waals surface area contributed by atoms with Crippen LogP contribution in [0, 0.1) is 34.0 Å². The Hall–Kier alpha value is -4.57. The highest BCUT2D eigenvalue weighted by Gasteiger charge is 2.30. The number of benzene rings is 3. The van der Waals surface area contributed by atoms with E-state index in [0.717, 1.165) is 16.3 Å². The summed E-state index contributed by atoms with van der Waals surface area (Å²) in [5.74, 6) is 0. The predicted octanol–water partition coefficient (Wildman–Crippen LogP) is 5.84. The van der Waals surface area contributed by atoms with E-state index in [1.54, 1.807) is 17.1 Å². The van der Waals surface area contributed by atoms with E-state index in [2.05, 4.69) is 6.07 Å². The molecule has 3 aromatic carbocycles. The van der Waals surface area contributed by atoms with Gasteiger partial charge in [-0.25, -0.2) is 5.01 Å². The number of allylic oxidation sites excluding steroid dienone is 3. The number of nitrogens with zero attached hydrogens (tertiary/aromatic N) is 5. The summed E-state index contributed by atoms with van der Waals surface area (Å²) in [5, 5.41) is 37.3. The molecular weight excluding hydrogens is 414 g/mol. The minimum Gasteiger partial charge on any atom is -0.224 e. The summed E-state index contributed by atoms with van der Waals surface area (Å²) in [4.78, 5) is 0. The molecule has 6 heteroatoms. The van der Waals surface area contributed by atoms with E-state index in [1.165, 1.54) is 11.8 Å². The zero-order valence-corrected chi connectivity index (χ0v) is 17.6. The zero-order valence-electron chi connectivity index (χ0n) is 16.8. The number of nitriles is 3. The SMILES string of the molecule is N#CC(C#N)=C(/C(C#N)=C1\SC(c2ccccc2)=NN1c1ccccc1)c1ccccc1. The van der Waals surface area contributed by atoms with Crippen LogP contribution in [0.2, 0.25) is 0 Å². The third-order valence-electron chi connectivity index (χ3n) is 4.71. The monoisotopic (exact) mass is 429 g/mol. The highest BCUT2D eigenvalue weighted by Crippen LogP contribution is 2.42. The van der Waals surface area contributed by atoms with E-state index < -0.39 is 0 Å². The van der Waals surface area contributed by atoms with Crippen LogP contribution >= 0.6 is 11.8 Å². The topological polar surface area (TPSA) is 87.0 Å². The molecule has 0 atom stereocenters. The van der Waals surface area contributed by atoms with Crippen molar-refractivity contribution < 1.29 is 0 Å². The summed E-state index contributed by atoms with van der Waals surface area (Å²) in [6.45, 7) is 0. The second-order valence-corrected chi connectivity index (χ2v) is 7.63. The summed E-state index contributed by atoms with van der Waals surface area (Å²) in [5.41, 5.74) is 2.70. The molecule has 0 N–H and O–H groups in total. The summed E-state index contributed by atoms with van der Waals surface area (Å²) in [6.07, 6.45) is 0. The van der Waals surface area contributed by atoms with Crippen LogP contribution in [0.1, 0.15) is 11.1 Å². The first-order valence-corrected chi connectivity index (χ1v) is 10.5. The van der Waals surface area contributed by atoms with Gasteiger partial charge in [-0.2, -0.15) is 20.9 Å². The van der Waals surface area contributed by atoms with Crippen LogP contribution in [0.15, 0.2) is 112 Å². The van der Waals surface area contributed by atoms with Crippen LogP contribution in [-0.2, 0) is 0 Å². The number of thioether (sulfide) groups is 1. The van der Waals surface area contributed by atoms with Crippen molar-refractivity contribution >= 4 is 28.1 Å². The third-order valence-corrected chi connectivity index (χ3v) is 5.79. The average Bonchev–Trinajstić information content (AvgIpc) is 3.31. The minimum atomic E-state index is -0.123. The van der Waals surface area contributed by atoms with Gasteiger partial charge in [-0.3, -0.25) is 0 Å². The van der Waals surface area contributed by atoms with Gasteiger partial charge in [0.05, 0.1) is 11.3 Å². The lowest BCUT2D eigenvalue weighted by atomic mass is 9.94. The first-order valence-electron chi connectivity index (χ1n) is 9.68. The molecule has 0 fully saturated rings. The van der Waals surface area contributed by atoms with Crippen LogP contribution in [0.5, 0.6) is 0 Å². The standard InChI is InChI=1S/C26H15N5S/c27-16-21(17-28)24(19-10-4-1-5-11-19)23(18-29)26-31(22-14-8-3-9-15-22)30-25(32-26)20-12-6-2-7-13-20/h1-15H/b26-23-. The Morgan fingerprint density at radius 2 is 1.28 bits per heavy atom. The first-order chi connectivity index (χ1) is 15.8. The van der Waals surface area contributed by atoms with Gasteiger partial charge in [0.15, 0.2) is 0 Å². The van der Waals surface area contributed by atoms with Crippen LogP contribution in [0.25, 0.3) is 5.57 Å². The molecule has 1 aliphatic rings. The minimum absolute atomic E-state index is 0.123. The van der Waals surface area contributed by atoms with Crippen molar-refractivity contribution in [1.29, 1.82) is 15.8 Å². The van der Waals surface area contributed by atoms with E-state index in [0.29, 0.717) is 16.2 Å². The van der Waals surface area contributed by atoms with Gasteiger partial charge in [-0.15, -0.1) is 0 Å². The van der Waals surface area contributed by atoms with Crippen molar-refractivity contribution in [3.8, 4) is 18.2 Å². The van der Waals surface area contributed by atoms with E-state index in [4.69, 9.17) is 5.10 Å². The van der Waals surface area contributed by atoms with Gasteiger partial charge in [0.25, 0.3) is 0 Å². The number of anilines is 1. The lowest BCUT2D eigenvalue weighted by Gasteiger charge is -2.18. The van der Waals surface area contributed by atoms with Gasteiger partial charge >= 0.3 is 0 Å². The Balaban J connectivity index is 1.97. The van der Waals surface area contributed by atoms with Gasteiger partial charge < -0.3 is 0 Å². The van der Waals surface area contributed by atoms with Crippen molar-refractivity contribution in [3.05, 3.63) is 118 Å². The molecule has 0 unspecified atom stereocenters. The Labute approximate surface area is 190 Å². The summed E-state index contributed by atoms with van der Waals surface area (Å²) >= 11 is 1.34. The Bertz CT molecular complexity index is 1340. The van der Waals surface area contributed by atoms with Crippen molar-refractivity contribution in [3.63, 3.8) is 0 Å². The molecular formula is C26H15N5S. The van der Waals surface area contributed by atoms with Crippen molar-refractivity contribution in [1.82, 2.24) is 0 Å². The molecule has 0 saturated carbocycles. The molecule has 3 aromatic rings. The van der Waals surface area contributed by atoms with E-state index in [-0.39, 0.29) is 11.1 Å². The third kappa shape index (κ3) is 4.02. The van der Waals surface area contributed by atoms with Crippen molar-refractivity contribution in [2.24, 2.45) is 5.10 Å². The Morgan fingerprint density at radius 1 is 0.719 bits per heavy atom. The average molecular weight is 430 g/mol. The molecule has 150 valence electrons. The van der Waals surface area contributed by atoms with Crippen LogP contribution in [0.3, 0.4) is 0 Å². The van der Waals surface area contributed by atoms with E-state index in [1.807, 2.05) is 91.0 Å². The molecule has 1 heterocycles. The molecule has 0 aromatic heterocycles. The molecule has 4 rings (SSSR count). The number of hydrogen-bond acceptors (Lipinski definition) is 6. The van der Waals surface area contributed by atoms with Gasteiger partial charge in [-0.05, 0) is 29.5 Å². The molecule has 0 radical (unpaired) electrons. The van der Waals surface area contributed by atoms with Gasteiger partial charge in [-0.1, -0.05) is 78.9 Å². The molecule has 0 spiro atoms. The maximum absolute atomic E-state index is 10.2. The molecule has 0 bridgehead atoms. The normalized spacial score (nSPS) is 13.9. The molecule has 0 aliphatic carbocycles. The fraction of sp³-hybridized carbons (Fsp3) is 0. The highest BCUT2D eigenvalue weighted by atomic mass is 32.2. The Morgan fingerprint density at radius 3 is 1.84 bits per heavy atom.